The minimum absolute atomic E-state index is 0.0362. The number of hydrogen-bond acceptors (Lipinski definition) is 6. The van der Waals surface area contributed by atoms with Crippen LogP contribution in [0.3, 0.4) is 0 Å². The van der Waals surface area contributed by atoms with Crippen molar-refractivity contribution in [2.45, 2.75) is 13.5 Å². The maximum absolute atomic E-state index is 13.0. The molecule has 0 atom stereocenters. The van der Waals surface area contributed by atoms with Crippen molar-refractivity contribution in [3.8, 4) is 5.13 Å². The number of aryl methyl sites for hydroxylation is 1. The number of carboxylic acid groups (broad SMARTS) is 1. The van der Waals surface area contributed by atoms with Crippen molar-refractivity contribution in [1.29, 1.82) is 0 Å². The summed E-state index contributed by atoms with van der Waals surface area (Å²) in [6.45, 7) is 1.87. The predicted molar refractivity (Wildman–Crippen MR) is 125 cm³/mol. The Bertz CT molecular complexity index is 1490. The van der Waals surface area contributed by atoms with Gasteiger partial charge in [-0.15, -0.1) is 0 Å². The van der Waals surface area contributed by atoms with Gasteiger partial charge in [-0.2, -0.15) is 0 Å². The Morgan fingerprint density at radius 3 is 2.62 bits per heavy atom. The minimum Gasteiger partial charge on any atom is -0.477 e. The number of aromatic carboxylic acids is 1. The van der Waals surface area contributed by atoms with Gasteiger partial charge in [-0.1, -0.05) is 35.1 Å². The predicted octanol–water partition coefficient (Wildman–Crippen LogP) is 4.09. The number of amides is 1. The maximum atomic E-state index is 13.0. The molecule has 2 aromatic heterocycles. The third-order valence-corrected chi connectivity index (χ3v) is 6.36. The summed E-state index contributed by atoms with van der Waals surface area (Å²) in [5, 5.41) is 13.1. The van der Waals surface area contributed by atoms with Crippen LogP contribution in [0.5, 0.6) is 0 Å². The Kier molecular flexibility index (Phi) is 5.92. The van der Waals surface area contributed by atoms with E-state index in [1.807, 2.05) is 12.1 Å². The first-order valence-electron chi connectivity index (χ1n) is 9.27. The zero-order chi connectivity index (χ0) is 23.0. The first-order chi connectivity index (χ1) is 15.2. The van der Waals surface area contributed by atoms with Crippen LogP contribution in [0.4, 0.5) is 0 Å². The molecule has 11 heteroatoms. The number of aromatic amines is 1. The highest BCUT2D eigenvalue weighted by Gasteiger charge is 2.18. The molecule has 0 aliphatic rings. The smallest absolute Gasteiger partial charge is 0.347 e. The molecule has 0 unspecified atom stereocenters. The number of aromatic nitrogens is 3. The zero-order valence-electron chi connectivity index (χ0n) is 16.5. The Morgan fingerprint density at radius 2 is 1.97 bits per heavy atom. The second kappa shape index (κ2) is 8.65. The molecule has 162 valence electrons. The molecule has 0 saturated heterocycles. The van der Waals surface area contributed by atoms with Crippen LogP contribution in [-0.4, -0.2) is 31.5 Å². The van der Waals surface area contributed by atoms with Crippen LogP contribution in [0.2, 0.25) is 5.02 Å². The van der Waals surface area contributed by atoms with Crippen molar-refractivity contribution in [2.24, 2.45) is 0 Å². The zero-order valence-corrected chi connectivity index (χ0v) is 18.9. The molecule has 0 saturated carbocycles. The molecule has 0 spiro atoms. The number of carbonyl (C=O) groups excluding carboxylic acids is 1. The molecule has 0 bridgehead atoms. The van der Waals surface area contributed by atoms with Crippen LogP contribution in [0, 0.1) is 11.7 Å². The van der Waals surface area contributed by atoms with Crippen LogP contribution < -0.4 is 10.9 Å². The van der Waals surface area contributed by atoms with Gasteiger partial charge in [-0.25, -0.2) is 14.3 Å². The Hall–Kier alpha value is -3.34. The molecule has 4 aromatic rings. The first-order valence-corrected chi connectivity index (χ1v) is 10.9. The fourth-order valence-corrected chi connectivity index (χ4v) is 4.47. The van der Waals surface area contributed by atoms with Crippen LogP contribution in [0.15, 0.2) is 47.3 Å². The average molecular weight is 487 g/mol. The number of carboxylic acids is 1. The molecule has 0 fully saturated rings. The standard InChI is InChI=1S/C21H15ClN4O4S2/c1-10-16(19(29)30)32-21(24-10)26-18(28)14-7-4-12(8-15(14)25-20(26)31)17(27)23-9-11-2-5-13(22)6-3-11/h2-8H,9H2,1H3,(H,23,27)(H,25,31)(H,29,30). The van der Waals surface area contributed by atoms with E-state index in [9.17, 15) is 19.5 Å². The van der Waals surface area contributed by atoms with Crippen molar-refractivity contribution in [3.05, 3.63) is 84.3 Å². The number of halogens is 1. The molecule has 0 radical (unpaired) electrons. The van der Waals surface area contributed by atoms with E-state index in [2.05, 4.69) is 15.3 Å². The summed E-state index contributed by atoms with van der Waals surface area (Å²) in [6.07, 6.45) is 0. The molecular weight excluding hydrogens is 472 g/mol. The van der Waals surface area contributed by atoms with E-state index in [-0.39, 0.29) is 26.1 Å². The highest BCUT2D eigenvalue weighted by Crippen LogP contribution is 2.22. The van der Waals surface area contributed by atoms with Crippen LogP contribution in [0.25, 0.3) is 16.0 Å². The van der Waals surface area contributed by atoms with Gasteiger partial charge in [0.25, 0.3) is 11.5 Å². The normalized spacial score (nSPS) is 10.9. The van der Waals surface area contributed by atoms with Gasteiger partial charge in [-0.3, -0.25) is 9.59 Å². The van der Waals surface area contributed by atoms with E-state index in [1.54, 1.807) is 25.1 Å². The van der Waals surface area contributed by atoms with Crippen molar-refractivity contribution in [3.63, 3.8) is 0 Å². The molecule has 32 heavy (non-hydrogen) atoms. The van der Waals surface area contributed by atoms with Gasteiger partial charge >= 0.3 is 5.97 Å². The number of carbonyl (C=O) groups is 2. The molecule has 1 amide bonds. The van der Waals surface area contributed by atoms with Crippen LogP contribution in [0.1, 0.15) is 31.3 Å². The van der Waals surface area contributed by atoms with Crippen LogP contribution in [-0.2, 0) is 6.54 Å². The van der Waals surface area contributed by atoms with Gasteiger partial charge in [0.15, 0.2) is 9.90 Å². The monoisotopic (exact) mass is 486 g/mol. The van der Waals surface area contributed by atoms with Gasteiger partial charge in [-0.05, 0) is 55.0 Å². The fourth-order valence-electron chi connectivity index (χ4n) is 3.10. The third kappa shape index (κ3) is 4.20. The summed E-state index contributed by atoms with van der Waals surface area (Å²) in [6, 6.07) is 11.7. The third-order valence-electron chi connectivity index (χ3n) is 4.70. The number of benzene rings is 2. The first kappa shape index (κ1) is 21.9. The van der Waals surface area contributed by atoms with E-state index >= 15 is 0 Å². The lowest BCUT2D eigenvalue weighted by molar-refractivity contribution is 0.0701. The second-order valence-corrected chi connectivity index (χ2v) is 8.66. The maximum Gasteiger partial charge on any atom is 0.347 e. The van der Waals surface area contributed by atoms with Gasteiger partial charge in [0.1, 0.15) is 4.88 Å². The second-order valence-electron chi connectivity index (χ2n) is 6.86. The quantitative estimate of drug-likeness (QED) is 0.366. The number of nitrogens with one attached hydrogen (secondary N) is 2. The van der Waals surface area contributed by atoms with E-state index in [4.69, 9.17) is 23.8 Å². The van der Waals surface area contributed by atoms with Gasteiger partial charge in [0.2, 0.25) is 0 Å². The Morgan fingerprint density at radius 1 is 1.25 bits per heavy atom. The SMILES string of the molecule is Cc1nc(-n2c(=S)[nH]c3cc(C(=O)NCc4ccc(Cl)cc4)ccc3c2=O)sc1C(=O)O. The van der Waals surface area contributed by atoms with E-state index in [1.165, 1.54) is 12.1 Å². The summed E-state index contributed by atoms with van der Waals surface area (Å²) < 4.78 is 1.20. The van der Waals surface area contributed by atoms with Crippen molar-refractivity contribution >= 4 is 57.9 Å². The summed E-state index contributed by atoms with van der Waals surface area (Å²) in [4.78, 5) is 44.1. The summed E-state index contributed by atoms with van der Waals surface area (Å²) in [5.41, 5.74) is 1.48. The largest absolute Gasteiger partial charge is 0.477 e. The van der Waals surface area contributed by atoms with E-state index in [0.29, 0.717) is 28.3 Å². The van der Waals surface area contributed by atoms with Crippen molar-refractivity contribution < 1.29 is 14.7 Å². The molecular formula is C21H15ClN4O4S2. The highest BCUT2D eigenvalue weighted by atomic mass is 35.5. The fraction of sp³-hybridized carbons (Fsp3) is 0.0952. The average Bonchev–Trinajstić information content (AvgIpc) is 3.14. The number of rotatable bonds is 5. The number of nitrogens with zero attached hydrogens (tertiary/aromatic N) is 2. The summed E-state index contributed by atoms with van der Waals surface area (Å²) >= 11 is 12.0. The van der Waals surface area contributed by atoms with Crippen molar-refractivity contribution in [2.75, 3.05) is 0 Å². The van der Waals surface area contributed by atoms with Crippen molar-refractivity contribution in [1.82, 2.24) is 19.9 Å². The topological polar surface area (TPSA) is 117 Å². The number of hydrogen-bond donors (Lipinski definition) is 3. The summed E-state index contributed by atoms with van der Waals surface area (Å²) in [5.74, 6) is -1.43. The molecule has 2 aromatic carbocycles. The molecule has 4 rings (SSSR count). The van der Waals surface area contributed by atoms with Gasteiger partial charge in [0.05, 0.1) is 16.6 Å². The Labute approximate surface area is 195 Å². The number of fused-ring (bicyclic) bond motifs is 1. The van der Waals surface area contributed by atoms with Crippen LogP contribution >= 0.6 is 35.2 Å². The lowest BCUT2D eigenvalue weighted by atomic mass is 10.1. The van der Waals surface area contributed by atoms with E-state index < -0.39 is 11.5 Å². The molecule has 2 heterocycles. The van der Waals surface area contributed by atoms with E-state index in [0.717, 1.165) is 21.5 Å². The molecule has 0 aliphatic carbocycles. The molecule has 0 aliphatic heterocycles. The van der Waals surface area contributed by atoms with Gasteiger partial charge in [0, 0.05) is 17.1 Å². The Balaban J connectivity index is 1.66. The molecule has 8 nitrogen and oxygen atoms in total. The minimum atomic E-state index is -1.12. The molecule has 3 N–H and O–H groups in total. The summed E-state index contributed by atoms with van der Waals surface area (Å²) in [7, 11) is 0. The lowest BCUT2D eigenvalue weighted by Crippen LogP contribution is -2.24. The highest BCUT2D eigenvalue weighted by molar-refractivity contribution is 7.71. The number of H-pyrrole nitrogens is 1. The lowest BCUT2D eigenvalue weighted by Gasteiger charge is -2.08. The van der Waals surface area contributed by atoms with Gasteiger partial charge < -0.3 is 15.4 Å². The number of thiazole rings is 1.